The van der Waals surface area contributed by atoms with Crippen molar-refractivity contribution in [2.45, 2.75) is 6.10 Å². The van der Waals surface area contributed by atoms with Crippen LogP contribution in [0.3, 0.4) is 0 Å². The smallest absolute Gasteiger partial charge is 0.169 e. The SMILES string of the molecule is NC[C@H]1Oc2ccccc2Oc2cc(F)cnc21. The van der Waals surface area contributed by atoms with E-state index in [4.69, 9.17) is 15.2 Å². The van der Waals surface area contributed by atoms with Crippen LogP contribution in [-0.2, 0) is 0 Å². The first kappa shape index (κ1) is 11.0. The Hall–Kier alpha value is -2.14. The highest BCUT2D eigenvalue weighted by atomic mass is 19.1. The number of hydrogen-bond acceptors (Lipinski definition) is 4. The maximum absolute atomic E-state index is 13.2. The number of para-hydroxylation sites is 2. The van der Waals surface area contributed by atoms with E-state index in [1.165, 1.54) is 6.07 Å². The fraction of sp³-hybridized carbons (Fsp3) is 0.154. The molecule has 1 aromatic carbocycles. The molecule has 0 bridgehead atoms. The molecule has 0 amide bonds. The van der Waals surface area contributed by atoms with Gasteiger partial charge in [0.15, 0.2) is 23.4 Å². The molecule has 4 nitrogen and oxygen atoms in total. The first-order chi connectivity index (χ1) is 8.78. The Balaban J connectivity index is 2.14. The van der Waals surface area contributed by atoms with E-state index in [1.807, 2.05) is 12.1 Å². The van der Waals surface area contributed by atoms with Gasteiger partial charge in [0.25, 0.3) is 0 Å². The summed E-state index contributed by atoms with van der Waals surface area (Å²) in [5.41, 5.74) is 6.18. The molecule has 0 radical (unpaired) electrons. The van der Waals surface area contributed by atoms with Gasteiger partial charge in [-0.3, -0.25) is 4.98 Å². The van der Waals surface area contributed by atoms with Crippen molar-refractivity contribution in [1.29, 1.82) is 0 Å². The van der Waals surface area contributed by atoms with Gasteiger partial charge >= 0.3 is 0 Å². The molecular formula is C13H11FN2O2. The molecule has 5 heteroatoms. The van der Waals surface area contributed by atoms with Crippen molar-refractivity contribution in [3.8, 4) is 17.2 Å². The molecule has 3 rings (SSSR count). The molecule has 1 aliphatic rings. The van der Waals surface area contributed by atoms with Gasteiger partial charge in [-0.25, -0.2) is 4.39 Å². The number of ether oxygens (including phenoxy) is 2. The number of pyridine rings is 1. The topological polar surface area (TPSA) is 57.4 Å². The molecule has 1 atom stereocenters. The third-order valence-corrected chi connectivity index (χ3v) is 2.71. The van der Waals surface area contributed by atoms with Crippen molar-refractivity contribution in [1.82, 2.24) is 4.98 Å². The maximum atomic E-state index is 13.2. The molecule has 0 spiro atoms. The summed E-state index contributed by atoms with van der Waals surface area (Å²) in [5, 5.41) is 0. The zero-order valence-electron chi connectivity index (χ0n) is 9.47. The van der Waals surface area contributed by atoms with Crippen LogP contribution in [0.5, 0.6) is 17.2 Å². The Kier molecular flexibility index (Phi) is 2.60. The molecule has 0 saturated heterocycles. The average molecular weight is 246 g/mol. The van der Waals surface area contributed by atoms with Crippen LogP contribution in [-0.4, -0.2) is 11.5 Å². The van der Waals surface area contributed by atoms with Crippen LogP contribution in [0.25, 0.3) is 0 Å². The fourth-order valence-electron chi connectivity index (χ4n) is 1.87. The van der Waals surface area contributed by atoms with E-state index in [9.17, 15) is 4.39 Å². The second-order valence-corrected chi connectivity index (χ2v) is 3.93. The second kappa shape index (κ2) is 4.27. The highest BCUT2D eigenvalue weighted by Gasteiger charge is 2.25. The van der Waals surface area contributed by atoms with Crippen LogP contribution >= 0.6 is 0 Å². The highest BCUT2D eigenvalue weighted by molar-refractivity contribution is 5.46. The Labute approximate surface area is 103 Å². The van der Waals surface area contributed by atoms with E-state index >= 15 is 0 Å². The summed E-state index contributed by atoms with van der Waals surface area (Å²) in [6, 6.07) is 8.47. The van der Waals surface area contributed by atoms with E-state index in [-0.39, 0.29) is 6.54 Å². The molecule has 92 valence electrons. The number of halogens is 1. The predicted octanol–water partition coefficient (Wildman–Crippen LogP) is 2.41. The molecule has 2 aromatic rings. The third kappa shape index (κ3) is 1.78. The van der Waals surface area contributed by atoms with Crippen molar-refractivity contribution >= 4 is 0 Å². The molecule has 0 saturated carbocycles. The predicted molar refractivity (Wildman–Crippen MR) is 63.1 cm³/mol. The van der Waals surface area contributed by atoms with E-state index in [0.29, 0.717) is 22.9 Å². The van der Waals surface area contributed by atoms with Gasteiger partial charge in [-0.2, -0.15) is 0 Å². The van der Waals surface area contributed by atoms with Gasteiger partial charge < -0.3 is 15.2 Å². The quantitative estimate of drug-likeness (QED) is 0.839. The molecular weight excluding hydrogens is 235 g/mol. The van der Waals surface area contributed by atoms with Crippen LogP contribution in [0.1, 0.15) is 11.8 Å². The van der Waals surface area contributed by atoms with E-state index < -0.39 is 11.9 Å². The summed E-state index contributed by atoms with van der Waals surface area (Å²) >= 11 is 0. The van der Waals surface area contributed by atoms with Crippen LogP contribution in [0.4, 0.5) is 4.39 Å². The zero-order chi connectivity index (χ0) is 12.5. The summed E-state index contributed by atoms with van der Waals surface area (Å²) in [4.78, 5) is 4.01. The number of fused-ring (bicyclic) bond motifs is 2. The summed E-state index contributed by atoms with van der Waals surface area (Å²) in [5.74, 6) is 0.993. The zero-order valence-corrected chi connectivity index (χ0v) is 9.47. The maximum Gasteiger partial charge on any atom is 0.169 e. The Morgan fingerprint density at radius 3 is 2.78 bits per heavy atom. The number of benzene rings is 1. The molecule has 18 heavy (non-hydrogen) atoms. The minimum atomic E-state index is -0.455. The van der Waals surface area contributed by atoms with Crippen LogP contribution in [0.2, 0.25) is 0 Å². The molecule has 1 aromatic heterocycles. The third-order valence-electron chi connectivity index (χ3n) is 2.71. The first-order valence-corrected chi connectivity index (χ1v) is 5.57. The van der Waals surface area contributed by atoms with Gasteiger partial charge in [-0.05, 0) is 12.1 Å². The minimum absolute atomic E-state index is 0.239. The van der Waals surface area contributed by atoms with Crippen molar-refractivity contribution in [3.63, 3.8) is 0 Å². The van der Waals surface area contributed by atoms with Crippen molar-refractivity contribution in [2.75, 3.05) is 6.54 Å². The normalized spacial score (nSPS) is 16.9. The Morgan fingerprint density at radius 1 is 1.22 bits per heavy atom. The van der Waals surface area contributed by atoms with Crippen LogP contribution in [0, 0.1) is 5.82 Å². The summed E-state index contributed by atoms with van der Waals surface area (Å²) < 4.78 is 24.6. The van der Waals surface area contributed by atoms with Gasteiger partial charge in [-0.1, -0.05) is 12.1 Å². The molecule has 0 unspecified atom stereocenters. The summed E-state index contributed by atoms with van der Waals surface area (Å²) in [6.45, 7) is 0.239. The molecule has 1 aliphatic heterocycles. The molecule has 2 N–H and O–H groups in total. The van der Waals surface area contributed by atoms with Crippen LogP contribution in [0.15, 0.2) is 36.5 Å². The lowest BCUT2D eigenvalue weighted by Gasteiger charge is -2.14. The highest BCUT2D eigenvalue weighted by Crippen LogP contribution is 2.40. The van der Waals surface area contributed by atoms with Gasteiger partial charge in [0.2, 0.25) is 0 Å². The summed E-state index contributed by atoms with van der Waals surface area (Å²) in [7, 11) is 0. The average Bonchev–Trinajstić information content (AvgIpc) is 2.53. The van der Waals surface area contributed by atoms with Gasteiger partial charge in [0, 0.05) is 12.6 Å². The van der Waals surface area contributed by atoms with Crippen molar-refractivity contribution in [3.05, 3.63) is 48.0 Å². The number of aromatic nitrogens is 1. The van der Waals surface area contributed by atoms with Crippen LogP contribution < -0.4 is 15.2 Å². The number of rotatable bonds is 1. The van der Waals surface area contributed by atoms with Crippen molar-refractivity contribution in [2.24, 2.45) is 5.73 Å². The molecule has 0 aliphatic carbocycles. The number of hydrogen-bond donors (Lipinski definition) is 1. The van der Waals surface area contributed by atoms with E-state index in [1.54, 1.807) is 12.1 Å². The second-order valence-electron chi connectivity index (χ2n) is 3.93. The molecule has 0 fully saturated rings. The standard InChI is InChI=1S/C13H11FN2O2/c14-8-5-11-13(16-7-8)12(6-15)18-10-4-2-1-3-9(10)17-11/h1-5,7,12H,6,15H2/t12-/m1/s1. The first-order valence-electron chi connectivity index (χ1n) is 5.57. The fourth-order valence-corrected chi connectivity index (χ4v) is 1.87. The number of nitrogens with two attached hydrogens (primary N) is 1. The lowest BCUT2D eigenvalue weighted by molar-refractivity contribution is 0.212. The van der Waals surface area contributed by atoms with E-state index in [2.05, 4.69) is 4.98 Å². The van der Waals surface area contributed by atoms with E-state index in [0.717, 1.165) is 6.20 Å². The largest absolute Gasteiger partial charge is 0.479 e. The lowest BCUT2D eigenvalue weighted by atomic mass is 10.2. The van der Waals surface area contributed by atoms with Gasteiger partial charge in [0.1, 0.15) is 11.5 Å². The molecule has 2 heterocycles. The van der Waals surface area contributed by atoms with Gasteiger partial charge in [-0.15, -0.1) is 0 Å². The lowest BCUT2D eigenvalue weighted by Crippen LogP contribution is -2.19. The van der Waals surface area contributed by atoms with Gasteiger partial charge in [0.05, 0.1) is 6.20 Å². The number of nitrogens with zero attached hydrogens (tertiary/aromatic N) is 1. The minimum Gasteiger partial charge on any atom is -0.479 e. The summed E-state index contributed by atoms with van der Waals surface area (Å²) in [6.07, 6.45) is 0.689. The monoisotopic (exact) mass is 246 g/mol. The Morgan fingerprint density at radius 2 is 2.00 bits per heavy atom. The Bertz CT molecular complexity index is 589. The van der Waals surface area contributed by atoms with Crippen molar-refractivity contribution < 1.29 is 13.9 Å².